The Hall–Kier alpha value is -3.30. The lowest BCUT2D eigenvalue weighted by Crippen LogP contribution is -2.48. The van der Waals surface area contributed by atoms with Gasteiger partial charge in [-0.15, -0.1) is 49.6 Å². The molecule has 2 saturated heterocycles. The quantitative estimate of drug-likeness (QED) is 0.0687. The molecular formula is C56H84Cl4N6O5. The number of nitrogens with zero attached hydrogens (tertiary/aromatic N) is 2. The topological polar surface area (TPSA) is 139 Å². The van der Waals surface area contributed by atoms with Crippen molar-refractivity contribution in [3.8, 4) is 0 Å². The number of benzene rings is 4. The van der Waals surface area contributed by atoms with Gasteiger partial charge in [0.25, 0.3) is 0 Å². The second-order valence-corrected chi connectivity index (χ2v) is 19.1. The molecule has 2 fully saturated rings. The van der Waals surface area contributed by atoms with Crippen LogP contribution >= 0.6 is 49.6 Å². The summed E-state index contributed by atoms with van der Waals surface area (Å²) in [5.74, 6) is 1.24. The summed E-state index contributed by atoms with van der Waals surface area (Å²) < 4.78 is 11.7. The molecule has 2 amide bonds. The molecule has 4 aliphatic rings. The number of fused-ring (bicyclic) bond motifs is 2. The number of ether oxygens (including phenoxy) is 2. The van der Waals surface area contributed by atoms with Crippen LogP contribution in [0, 0.1) is 11.8 Å². The molecule has 8 atom stereocenters. The second-order valence-electron chi connectivity index (χ2n) is 19.1. The average Bonchev–Trinajstić information content (AvgIpc) is 4.01. The van der Waals surface area contributed by atoms with E-state index in [0.717, 1.165) is 89.2 Å². The Bertz CT molecular complexity index is 1950. The number of piperidine rings is 2. The molecule has 0 aromatic heterocycles. The van der Waals surface area contributed by atoms with Gasteiger partial charge in [-0.3, -0.25) is 9.59 Å². The molecule has 0 saturated carbocycles. The van der Waals surface area contributed by atoms with Crippen molar-refractivity contribution in [2.24, 2.45) is 11.8 Å². The molecule has 0 aliphatic carbocycles. The van der Waals surface area contributed by atoms with Crippen LogP contribution in [0.25, 0.3) is 0 Å². The van der Waals surface area contributed by atoms with Gasteiger partial charge in [0.2, 0.25) is 11.8 Å². The molecule has 11 nitrogen and oxygen atoms in total. The van der Waals surface area contributed by atoms with Gasteiger partial charge in [-0.25, -0.2) is 0 Å². The Labute approximate surface area is 450 Å². The first-order valence-electron chi connectivity index (χ1n) is 25.2. The number of hydrogen-bond donors (Lipinski definition) is 4. The summed E-state index contributed by atoms with van der Waals surface area (Å²) in [6.07, 6.45) is 11.7. The van der Waals surface area contributed by atoms with Crippen molar-refractivity contribution in [1.82, 2.24) is 21.3 Å². The Morgan fingerprint density at radius 1 is 0.577 bits per heavy atom. The largest absolute Gasteiger partial charge is 0.412 e. The third kappa shape index (κ3) is 18.0. The molecule has 8 rings (SSSR count). The summed E-state index contributed by atoms with van der Waals surface area (Å²) in [4.78, 5) is 29.6. The van der Waals surface area contributed by atoms with Gasteiger partial charge >= 0.3 is 0 Å². The SMILES string of the molecule is COC(CCCC(=O)N1CCc2ccccc21)C(C)CNC1CCCNC1c1ccccc1.COC(CCCC(=O)N1CCc2ccccc21)C(C)CNC1CCCNC1c1ccccc1.Cl.Cl.Cl.Cl.O. The summed E-state index contributed by atoms with van der Waals surface area (Å²) >= 11 is 0. The lowest BCUT2D eigenvalue weighted by atomic mass is 9.91. The minimum absolute atomic E-state index is 0. The summed E-state index contributed by atoms with van der Waals surface area (Å²) in [5, 5.41) is 15.0. The number of halogens is 4. The van der Waals surface area contributed by atoms with Crippen molar-refractivity contribution in [3.05, 3.63) is 131 Å². The van der Waals surface area contributed by atoms with Crippen molar-refractivity contribution in [1.29, 1.82) is 0 Å². The van der Waals surface area contributed by atoms with Gasteiger partial charge < -0.3 is 46.0 Å². The second kappa shape index (κ2) is 33.5. The number of methoxy groups -OCH3 is 2. The lowest BCUT2D eigenvalue weighted by molar-refractivity contribution is -0.119. The number of para-hydroxylation sites is 2. The van der Waals surface area contributed by atoms with E-state index in [4.69, 9.17) is 9.47 Å². The fourth-order valence-corrected chi connectivity index (χ4v) is 10.8. The maximum absolute atomic E-state index is 12.8. The third-order valence-electron chi connectivity index (χ3n) is 14.6. The van der Waals surface area contributed by atoms with Crippen LogP contribution in [-0.2, 0) is 31.9 Å². The van der Waals surface area contributed by atoms with Crippen LogP contribution in [0.3, 0.4) is 0 Å². The first-order chi connectivity index (χ1) is 32.3. The van der Waals surface area contributed by atoms with E-state index < -0.39 is 0 Å². The molecule has 4 aliphatic heterocycles. The van der Waals surface area contributed by atoms with Crippen molar-refractivity contribution in [3.63, 3.8) is 0 Å². The molecule has 0 radical (unpaired) electrons. The van der Waals surface area contributed by atoms with Crippen molar-refractivity contribution in [2.45, 2.75) is 127 Å². The molecule has 8 unspecified atom stereocenters. The Morgan fingerprint density at radius 3 is 1.32 bits per heavy atom. The summed E-state index contributed by atoms with van der Waals surface area (Å²) in [6.45, 7) is 10.1. The van der Waals surface area contributed by atoms with E-state index in [0.29, 0.717) is 48.8 Å². The highest BCUT2D eigenvalue weighted by Gasteiger charge is 2.30. The zero-order valence-corrected chi connectivity index (χ0v) is 45.7. The van der Waals surface area contributed by atoms with Gasteiger partial charge in [0.1, 0.15) is 0 Å². The fraction of sp³-hybridized carbons (Fsp3) is 0.536. The average molecular weight is 1060 g/mol. The minimum atomic E-state index is 0. The van der Waals surface area contributed by atoms with Crippen LogP contribution in [0.1, 0.15) is 112 Å². The normalized spacial score (nSPS) is 20.5. The fourth-order valence-electron chi connectivity index (χ4n) is 10.8. The number of carbonyl (C=O) groups is 2. The predicted octanol–water partition coefficient (Wildman–Crippen LogP) is 9.82. The van der Waals surface area contributed by atoms with Gasteiger partial charge in [-0.05, 0) is 124 Å². The zero-order valence-electron chi connectivity index (χ0n) is 42.4. The lowest BCUT2D eigenvalue weighted by Gasteiger charge is -2.35. The molecule has 71 heavy (non-hydrogen) atoms. The predicted molar refractivity (Wildman–Crippen MR) is 302 cm³/mol. The maximum atomic E-state index is 12.8. The van der Waals surface area contributed by atoms with Crippen molar-refractivity contribution >= 4 is 72.8 Å². The standard InChI is InChI=1S/2C28H39N3O2.4ClH.H2O/c2*1-21(20-30-24-13-9-18-29-28(24)23-11-4-3-5-12-23)26(33-2)15-8-16-27(32)31-19-17-22-10-6-7-14-25(22)31;;;;;/h2*3-7,10-12,14,21,24,26,28-30H,8-9,13,15-20H2,1-2H3;4*1H;1H2. The first-order valence-corrected chi connectivity index (χ1v) is 25.2. The van der Waals surface area contributed by atoms with Crippen LogP contribution in [0.4, 0.5) is 11.4 Å². The zero-order chi connectivity index (χ0) is 46.1. The molecule has 4 aromatic carbocycles. The smallest absolute Gasteiger partial charge is 0.226 e. The maximum Gasteiger partial charge on any atom is 0.226 e. The van der Waals surface area contributed by atoms with E-state index in [2.05, 4.69) is 132 Å². The van der Waals surface area contributed by atoms with Crippen LogP contribution in [0.2, 0.25) is 0 Å². The number of rotatable bonds is 20. The van der Waals surface area contributed by atoms with Gasteiger partial charge in [0.05, 0.1) is 12.2 Å². The number of nitrogens with one attached hydrogen (secondary N) is 4. The van der Waals surface area contributed by atoms with E-state index in [1.54, 1.807) is 14.2 Å². The van der Waals surface area contributed by atoms with Crippen LogP contribution < -0.4 is 31.1 Å². The van der Waals surface area contributed by atoms with Crippen molar-refractivity contribution in [2.75, 3.05) is 63.3 Å². The molecule has 0 spiro atoms. The van der Waals surface area contributed by atoms with Gasteiger partial charge in [-0.1, -0.05) is 111 Å². The molecule has 0 bridgehead atoms. The highest BCUT2D eigenvalue weighted by Crippen LogP contribution is 2.31. The van der Waals surface area contributed by atoms with Crippen molar-refractivity contribution < 1.29 is 24.5 Å². The van der Waals surface area contributed by atoms with E-state index in [9.17, 15) is 9.59 Å². The Balaban J connectivity index is 0.000000455. The van der Waals surface area contributed by atoms with E-state index in [-0.39, 0.29) is 79.1 Å². The van der Waals surface area contributed by atoms with Crippen LogP contribution in [-0.4, -0.2) is 95.1 Å². The first kappa shape index (κ1) is 63.8. The van der Waals surface area contributed by atoms with Crippen LogP contribution in [0.5, 0.6) is 0 Å². The molecule has 4 heterocycles. The molecule has 4 aromatic rings. The summed E-state index contributed by atoms with van der Waals surface area (Å²) in [7, 11) is 3.60. The Kier molecular flexibility index (Phi) is 30.1. The van der Waals surface area contributed by atoms with E-state index in [1.165, 1.54) is 47.9 Å². The number of amides is 2. The van der Waals surface area contributed by atoms with Gasteiger partial charge in [-0.2, -0.15) is 0 Å². The van der Waals surface area contributed by atoms with E-state index >= 15 is 0 Å². The number of hydrogen-bond acceptors (Lipinski definition) is 8. The molecule has 396 valence electrons. The van der Waals surface area contributed by atoms with Crippen LogP contribution in [0.15, 0.2) is 109 Å². The third-order valence-corrected chi connectivity index (χ3v) is 14.6. The highest BCUT2D eigenvalue weighted by atomic mass is 35.5. The Morgan fingerprint density at radius 2 is 0.944 bits per heavy atom. The highest BCUT2D eigenvalue weighted by molar-refractivity contribution is 5.96. The monoisotopic (exact) mass is 1060 g/mol. The minimum Gasteiger partial charge on any atom is -0.412 e. The van der Waals surface area contributed by atoms with Gasteiger partial charge in [0, 0.05) is 88.8 Å². The molecule has 6 N–H and O–H groups in total. The number of carbonyl (C=O) groups excluding carboxylic acids is 2. The van der Waals surface area contributed by atoms with Gasteiger partial charge in [0.15, 0.2) is 0 Å². The molecule has 15 heteroatoms. The summed E-state index contributed by atoms with van der Waals surface area (Å²) in [6, 6.07) is 39.6. The summed E-state index contributed by atoms with van der Waals surface area (Å²) in [5.41, 5.74) is 7.47. The molecular weight excluding hydrogens is 978 g/mol. The number of anilines is 2. The van der Waals surface area contributed by atoms with E-state index in [1.807, 2.05) is 21.9 Å².